The van der Waals surface area contributed by atoms with Crippen molar-refractivity contribution in [2.45, 2.75) is 32.1 Å². The summed E-state index contributed by atoms with van der Waals surface area (Å²) < 4.78 is 0. The first-order chi connectivity index (χ1) is 9.27. The largest absolute Gasteiger partial charge is 0.313 e. The Hall–Kier alpha value is -1.64. The fraction of sp³-hybridized carbons (Fsp3) is 0.500. The molecule has 1 aliphatic heterocycles. The van der Waals surface area contributed by atoms with E-state index in [1.165, 1.54) is 32.1 Å². The monoisotopic (exact) mass is 256 g/mol. The van der Waals surface area contributed by atoms with Gasteiger partial charge in [0, 0.05) is 24.2 Å². The van der Waals surface area contributed by atoms with E-state index in [9.17, 15) is 4.79 Å². The van der Waals surface area contributed by atoms with Crippen LogP contribution in [0.5, 0.6) is 0 Å². The Bertz CT molecular complexity index is 515. The van der Waals surface area contributed by atoms with Gasteiger partial charge in [0.05, 0.1) is 5.69 Å². The summed E-state index contributed by atoms with van der Waals surface area (Å²) in [6.07, 6.45) is 6.34. The summed E-state index contributed by atoms with van der Waals surface area (Å²) >= 11 is 0. The third-order valence-corrected chi connectivity index (χ3v) is 4.29. The second-order valence-corrected chi connectivity index (χ2v) is 5.51. The smallest absolute Gasteiger partial charge is 0.248 e. The Kier molecular flexibility index (Phi) is 3.36. The molecule has 0 unspecified atom stereocenters. The molecule has 1 aromatic rings. The summed E-state index contributed by atoms with van der Waals surface area (Å²) in [5, 5.41) is 0. The van der Waals surface area contributed by atoms with Gasteiger partial charge < -0.3 is 4.90 Å². The highest BCUT2D eigenvalue weighted by Gasteiger charge is 2.27. The molecule has 3 heteroatoms. The third-order valence-electron chi connectivity index (χ3n) is 4.29. The van der Waals surface area contributed by atoms with Gasteiger partial charge in [-0.15, -0.1) is 0 Å². The molecule has 19 heavy (non-hydrogen) atoms. The first-order valence-corrected chi connectivity index (χ1v) is 7.17. The Morgan fingerprint density at radius 1 is 1.16 bits per heavy atom. The quantitative estimate of drug-likeness (QED) is 0.760. The molecule has 3 nitrogen and oxygen atoms in total. The van der Waals surface area contributed by atoms with Crippen molar-refractivity contribution in [1.29, 1.82) is 0 Å². The number of carbonyl (C=O) groups is 1. The molecule has 0 saturated heterocycles. The molecule has 1 fully saturated rings. The number of amides is 1. The second kappa shape index (κ2) is 5.16. The molecule has 1 aliphatic carbocycles. The SMILES string of the molecule is CN1C(=O)CN=C(C2CCCCC2)c2ccccc21. The van der Waals surface area contributed by atoms with Crippen LogP contribution in [0.25, 0.3) is 0 Å². The molecule has 0 spiro atoms. The van der Waals surface area contributed by atoms with Gasteiger partial charge >= 0.3 is 0 Å². The number of aliphatic imine (C=N–C) groups is 1. The number of benzodiazepines with no additional fused rings is 1. The lowest BCUT2D eigenvalue weighted by atomic mass is 9.83. The van der Waals surface area contributed by atoms with E-state index in [0.29, 0.717) is 5.92 Å². The number of likely N-dealkylation sites (N-methyl/N-ethyl adjacent to an activating group) is 1. The zero-order valence-corrected chi connectivity index (χ0v) is 11.4. The summed E-state index contributed by atoms with van der Waals surface area (Å²) in [4.78, 5) is 18.4. The summed E-state index contributed by atoms with van der Waals surface area (Å²) in [5.41, 5.74) is 3.32. The standard InChI is InChI=1S/C16H20N2O/c1-18-14-10-6-5-9-13(14)16(17-11-15(18)19)12-7-3-2-4-8-12/h5-6,9-10,12H,2-4,7-8,11H2,1H3. The second-order valence-electron chi connectivity index (χ2n) is 5.51. The van der Waals surface area contributed by atoms with Crippen LogP contribution in [-0.4, -0.2) is 25.2 Å². The van der Waals surface area contributed by atoms with E-state index in [2.05, 4.69) is 11.1 Å². The van der Waals surface area contributed by atoms with Crippen LogP contribution in [0.15, 0.2) is 29.3 Å². The van der Waals surface area contributed by atoms with E-state index in [1.54, 1.807) is 4.90 Å². The molecular weight excluding hydrogens is 236 g/mol. The molecule has 1 heterocycles. The third kappa shape index (κ3) is 2.29. The normalized spacial score (nSPS) is 20.8. The number of nitrogens with zero attached hydrogens (tertiary/aromatic N) is 2. The molecule has 0 atom stereocenters. The van der Waals surface area contributed by atoms with Gasteiger partial charge in [0.2, 0.25) is 5.91 Å². The maximum atomic E-state index is 12.0. The van der Waals surface area contributed by atoms with Gasteiger partial charge in [0.15, 0.2) is 0 Å². The molecule has 0 aromatic heterocycles. The zero-order chi connectivity index (χ0) is 13.2. The molecule has 2 aliphatic rings. The topological polar surface area (TPSA) is 32.7 Å². The van der Waals surface area contributed by atoms with Crippen molar-refractivity contribution >= 4 is 17.3 Å². The fourth-order valence-electron chi connectivity index (χ4n) is 3.19. The maximum absolute atomic E-state index is 12.0. The van der Waals surface area contributed by atoms with E-state index in [0.717, 1.165) is 17.0 Å². The number of anilines is 1. The van der Waals surface area contributed by atoms with Gasteiger partial charge in [-0.05, 0) is 18.9 Å². The highest BCUT2D eigenvalue weighted by molar-refractivity contribution is 6.12. The van der Waals surface area contributed by atoms with Crippen LogP contribution in [0.2, 0.25) is 0 Å². The van der Waals surface area contributed by atoms with Crippen molar-refractivity contribution < 1.29 is 4.79 Å². The predicted octanol–water partition coefficient (Wildman–Crippen LogP) is 3.03. The molecule has 100 valence electrons. The summed E-state index contributed by atoms with van der Waals surface area (Å²) in [6, 6.07) is 8.17. The summed E-state index contributed by atoms with van der Waals surface area (Å²) in [5.74, 6) is 0.618. The van der Waals surface area contributed by atoms with Crippen LogP contribution >= 0.6 is 0 Å². The van der Waals surface area contributed by atoms with Gasteiger partial charge in [-0.3, -0.25) is 9.79 Å². The molecule has 0 N–H and O–H groups in total. The van der Waals surface area contributed by atoms with Crippen LogP contribution in [0.4, 0.5) is 5.69 Å². The van der Waals surface area contributed by atoms with Gasteiger partial charge in [-0.25, -0.2) is 0 Å². The van der Waals surface area contributed by atoms with Crippen molar-refractivity contribution in [3.8, 4) is 0 Å². The van der Waals surface area contributed by atoms with E-state index >= 15 is 0 Å². The molecule has 1 amide bonds. The van der Waals surface area contributed by atoms with Crippen molar-refractivity contribution in [3.05, 3.63) is 29.8 Å². The summed E-state index contributed by atoms with van der Waals surface area (Å²) in [6.45, 7) is 0.289. The van der Waals surface area contributed by atoms with Gasteiger partial charge in [-0.1, -0.05) is 37.5 Å². The van der Waals surface area contributed by atoms with Crippen LogP contribution in [0.3, 0.4) is 0 Å². The lowest BCUT2D eigenvalue weighted by Gasteiger charge is -2.25. The molecule has 0 bridgehead atoms. The van der Waals surface area contributed by atoms with E-state index in [4.69, 9.17) is 0 Å². The average molecular weight is 256 g/mol. The molecule has 1 saturated carbocycles. The molecular formula is C16H20N2O. The Labute approximate surface area is 114 Å². The van der Waals surface area contributed by atoms with Crippen LogP contribution in [0.1, 0.15) is 37.7 Å². The van der Waals surface area contributed by atoms with E-state index in [-0.39, 0.29) is 12.5 Å². The van der Waals surface area contributed by atoms with Crippen molar-refractivity contribution in [1.82, 2.24) is 0 Å². The minimum Gasteiger partial charge on any atom is -0.313 e. The lowest BCUT2D eigenvalue weighted by molar-refractivity contribution is -0.116. The first-order valence-electron chi connectivity index (χ1n) is 7.17. The van der Waals surface area contributed by atoms with Crippen molar-refractivity contribution in [2.24, 2.45) is 10.9 Å². The number of carbonyl (C=O) groups excluding carboxylic acids is 1. The molecule has 3 rings (SSSR count). The number of rotatable bonds is 1. The number of hydrogen-bond acceptors (Lipinski definition) is 2. The molecule has 1 aromatic carbocycles. The number of fused-ring (bicyclic) bond motifs is 1. The van der Waals surface area contributed by atoms with Crippen LogP contribution in [-0.2, 0) is 4.79 Å². The Morgan fingerprint density at radius 2 is 1.89 bits per heavy atom. The maximum Gasteiger partial charge on any atom is 0.248 e. The fourth-order valence-corrected chi connectivity index (χ4v) is 3.19. The Morgan fingerprint density at radius 3 is 2.68 bits per heavy atom. The number of para-hydroxylation sites is 1. The lowest BCUT2D eigenvalue weighted by Crippen LogP contribution is -2.27. The van der Waals surface area contributed by atoms with Gasteiger partial charge in [-0.2, -0.15) is 0 Å². The number of hydrogen-bond donors (Lipinski definition) is 0. The highest BCUT2D eigenvalue weighted by Crippen LogP contribution is 2.32. The van der Waals surface area contributed by atoms with Crippen LogP contribution in [0, 0.1) is 5.92 Å². The zero-order valence-electron chi connectivity index (χ0n) is 11.4. The minimum atomic E-state index is 0.0817. The summed E-state index contributed by atoms with van der Waals surface area (Å²) in [7, 11) is 1.85. The van der Waals surface area contributed by atoms with Gasteiger partial charge in [0.1, 0.15) is 6.54 Å². The van der Waals surface area contributed by atoms with Crippen molar-refractivity contribution in [3.63, 3.8) is 0 Å². The average Bonchev–Trinajstić information content (AvgIpc) is 2.59. The van der Waals surface area contributed by atoms with Crippen molar-refractivity contribution in [2.75, 3.05) is 18.5 Å². The molecule has 0 radical (unpaired) electrons. The predicted molar refractivity (Wildman–Crippen MR) is 77.8 cm³/mol. The first kappa shape index (κ1) is 12.4. The minimum absolute atomic E-state index is 0.0817. The van der Waals surface area contributed by atoms with E-state index < -0.39 is 0 Å². The number of benzene rings is 1. The van der Waals surface area contributed by atoms with E-state index in [1.807, 2.05) is 25.2 Å². The highest BCUT2D eigenvalue weighted by atomic mass is 16.2. The Balaban J connectivity index is 2.03. The van der Waals surface area contributed by atoms with Crippen LogP contribution < -0.4 is 4.90 Å². The van der Waals surface area contributed by atoms with Gasteiger partial charge in [0.25, 0.3) is 0 Å².